The average molecular weight is 962 g/mol. The second-order valence-corrected chi connectivity index (χ2v) is 17.2. The monoisotopic (exact) mass is 961 g/mol. The first kappa shape index (κ1) is 50.6. The van der Waals surface area contributed by atoms with E-state index in [4.69, 9.17) is 20.3 Å². The molecule has 0 aliphatic carbocycles. The maximum Gasteiger partial charge on any atom is 0.335 e. The molecule has 0 unspecified atom stereocenters. The predicted molar refractivity (Wildman–Crippen MR) is 225 cm³/mol. The summed E-state index contributed by atoms with van der Waals surface area (Å²) in [6.07, 6.45) is 3.24. The fraction of sp³-hybridized carbons (Fsp3) is 0.189. The largest absolute Gasteiger partial charge is 0.478 e. The van der Waals surface area contributed by atoms with Crippen LogP contribution in [0.15, 0.2) is 83.1 Å². The number of nitrogens with zero attached hydrogens (tertiary/aromatic N) is 4. The molecule has 332 valence electrons. The van der Waals surface area contributed by atoms with Gasteiger partial charge in [0.15, 0.2) is 28.9 Å². The Morgan fingerprint density at radius 2 is 1.08 bits per heavy atom. The van der Waals surface area contributed by atoms with Crippen molar-refractivity contribution in [1.82, 2.24) is 18.7 Å². The number of Topliss-reactive ketones (excluding diaryl/α,β-unsaturated/α-hetero) is 1. The van der Waals surface area contributed by atoms with Gasteiger partial charge in [-0.15, -0.1) is 12.4 Å². The zero-order valence-corrected chi connectivity index (χ0v) is 36.8. The van der Waals surface area contributed by atoms with Crippen LogP contribution in [-0.2, 0) is 20.0 Å². The number of carboxylic acids is 1. The molecule has 25 heteroatoms. The number of halogens is 5. The van der Waals surface area contributed by atoms with Crippen molar-refractivity contribution >= 4 is 77.5 Å². The van der Waals surface area contributed by atoms with Crippen molar-refractivity contribution in [2.75, 3.05) is 16.0 Å². The zero-order chi connectivity index (χ0) is 45.1. The summed E-state index contributed by atoms with van der Waals surface area (Å²) in [5.74, 6) is -7.05. The summed E-state index contributed by atoms with van der Waals surface area (Å²) in [5, 5.41) is 8.86. The number of aromatic carboxylic acids is 1. The first-order valence-corrected chi connectivity index (χ1v) is 21.9. The lowest BCUT2D eigenvalue weighted by Crippen LogP contribution is -2.15. The maximum absolute atomic E-state index is 14.5. The van der Waals surface area contributed by atoms with Crippen molar-refractivity contribution in [3.05, 3.63) is 119 Å². The fourth-order valence-electron chi connectivity index (χ4n) is 4.89. The Hall–Kier alpha value is -5.79. The number of aromatic nitrogens is 4. The van der Waals surface area contributed by atoms with E-state index in [-0.39, 0.29) is 45.5 Å². The Balaban J connectivity index is 0.000000307. The van der Waals surface area contributed by atoms with Gasteiger partial charge in [0.1, 0.15) is 45.6 Å². The molecule has 2 heterocycles. The predicted octanol–water partition coefficient (Wildman–Crippen LogP) is 8.50. The molecule has 0 atom stereocenters. The molecule has 0 saturated carbocycles. The molecule has 62 heavy (non-hydrogen) atoms. The van der Waals surface area contributed by atoms with Gasteiger partial charge in [0, 0.05) is 59.3 Å². The van der Waals surface area contributed by atoms with Crippen molar-refractivity contribution in [2.24, 2.45) is 5.73 Å². The highest BCUT2D eigenvalue weighted by atomic mass is 35.5. The molecular formula is C37H36ClF4N7O9S4. The van der Waals surface area contributed by atoms with Gasteiger partial charge in [-0.05, 0) is 74.3 Å². The van der Waals surface area contributed by atoms with E-state index in [2.05, 4.69) is 18.7 Å². The molecule has 2 aromatic heterocycles. The summed E-state index contributed by atoms with van der Waals surface area (Å²) >= 11 is 1.47. The lowest BCUT2D eigenvalue weighted by molar-refractivity contribution is 0.0696. The normalized spacial score (nSPS) is 10.9. The second kappa shape index (κ2) is 22.3. The number of anilines is 2. The first-order chi connectivity index (χ1) is 28.8. The summed E-state index contributed by atoms with van der Waals surface area (Å²) in [6.45, 7) is 7.87. The van der Waals surface area contributed by atoms with Crippen LogP contribution in [-0.4, -0.2) is 59.0 Å². The van der Waals surface area contributed by atoms with Crippen LogP contribution in [0, 0.1) is 37.1 Å². The van der Waals surface area contributed by atoms with E-state index in [0.717, 1.165) is 48.3 Å². The Bertz CT molecular complexity index is 2730. The summed E-state index contributed by atoms with van der Waals surface area (Å²) in [6, 6.07) is 10.8. The van der Waals surface area contributed by atoms with Gasteiger partial charge in [-0.2, -0.15) is 8.75 Å². The number of hydrogen-bond donors (Lipinski definition) is 4. The van der Waals surface area contributed by atoms with Gasteiger partial charge in [0.25, 0.3) is 20.0 Å². The summed E-state index contributed by atoms with van der Waals surface area (Å²) < 4.78 is 129. The van der Waals surface area contributed by atoms with E-state index in [1.54, 1.807) is 26.0 Å². The van der Waals surface area contributed by atoms with E-state index < -0.39 is 70.6 Å². The average Bonchev–Trinajstić information content (AvgIpc) is 3.89. The fourth-order valence-corrected chi connectivity index (χ4v) is 8.36. The highest BCUT2D eigenvalue weighted by molar-refractivity contribution is 7.93. The number of aryl methyl sites for hydroxylation is 2. The van der Waals surface area contributed by atoms with E-state index in [9.17, 15) is 44.0 Å². The third-order valence-corrected chi connectivity index (χ3v) is 11.4. The number of rotatable bonds is 14. The van der Waals surface area contributed by atoms with E-state index in [1.807, 2.05) is 23.3 Å². The quantitative estimate of drug-likeness (QED) is 0.0591. The highest BCUT2D eigenvalue weighted by Gasteiger charge is 2.26. The molecule has 0 radical (unpaired) electrons. The highest BCUT2D eigenvalue weighted by Crippen LogP contribution is 2.33. The standard InChI is InChI=1S/C19H17F2N3O4S2.C16H11F2N3O5S2.C2H7N.ClH/c1-3-4-16(25)12-5-11(2)6-13(7-12)28-17-8-15(21)18(9-14(17)20)30(26,27)24-19-22-10-23-29-19;1-8-2-9(15(22)23)4-10(3-8)26-13-5-12(18)14(6-11(13)17)28(24,25)21-16-19-7-20-27-16;1-2-3;/h5-10H,3-4H2,1-2H3,(H,22,23,24);2-7H,1H3,(H,22,23)(H,19,20,21);2-3H2,1H3;1H. The van der Waals surface area contributed by atoms with E-state index >= 15 is 0 Å². The maximum atomic E-state index is 14.5. The molecule has 16 nitrogen and oxygen atoms in total. The summed E-state index contributed by atoms with van der Waals surface area (Å²) in [7, 11) is -8.86. The minimum atomic E-state index is -4.44. The molecule has 0 bridgehead atoms. The van der Waals surface area contributed by atoms with Crippen LogP contribution in [0.2, 0.25) is 0 Å². The molecule has 0 aliphatic rings. The van der Waals surface area contributed by atoms with Crippen LogP contribution in [0.1, 0.15) is 58.5 Å². The molecule has 6 rings (SSSR count). The first-order valence-electron chi connectivity index (χ1n) is 17.4. The number of ketones is 1. The molecular weight excluding hydrogens is 926 g/mol. The number of nitrogens with one attached hydrogen (secondary N) is 2. The number of ether oxygens (including phenoxy) is 2. The topological polar surface area (TPSA) is 243 Å². The lowest BCUT2D eigenvalue weighted by Gasteiger charge is -2.12. The number of nitrogens with two attached hydrogens (primary N) is 1. The van der Waals surface area contributed by atoms with Gasteiger partial charge in [0.2, 0.25) is 10.3 Å². The number of carbonyl (C=O) groups is 2. The lowest BCUT2D eigenvalue weighted by atomic mass is 10.0. The van der Waals surface area contributed by atoms with E-state index in [0.29, 0.717) is 53.8 Å². The van der Waals surface area contributed by atoms with Gasteiger partial charge < -0.3 is 20.3 Å². The molecule has 4 aromatic carbocycles. The SMILES string of the molecule is CCCC(=O)c1cc(C)cc(Oc2cc(F)c(S(=O)(=O)Nc3ncns3)cc2F)c1.CCN.Cc1cc(Oc2cc(F)c(S(=O)(=O)Nc3ncns3)cc2F)cc(C(=O)O)c1.Cl. The smallest absolute Gasteiger partial charge is 0.335 e. The van der Waals surface area contributed by atoms with Crippen LogP contribution in [0.5, 0.6) is 23.0 Å². The Kier molecular flexibility index (Phi) is 18.2. The number of sulfonamides is 2. The number of carbonyl (C=O) groups excluding carboxylic acids is 1. The molecule has 0 aliphatic heterocycles. The van der Waals surface area contributed by atoms with Gasteiger partial charge >= 0.3 is 5.97 Å². The van der Waals surface area contributed by atoms with Crippen molar-refractivity contribution in [1.29, 1.82) is 0 Å². The molecule has 6 aromatic rings. The summed E-state index contributed by atoms with van der Waals surface area (Å²) in [5.41, 5.74) is 6.37. The van der Waals surface area contributed by atoms with Crippen LogP contribution in [0.3, 0.4) is 0 Å². The Morgan fingerprint density at radius 1 is 0.677 bits per heavy atom. The van der Waals surface area contributed by atoms with Gasteiger partial charge in [-0.25, -0.2) is 49.2 Å². The molecule has 0 fully saturated rings. The van der Waals surface area contributed by atoms with Crippen LogP contribution < -0.4 is 24.7 Å². The third kappa shape index (κ3) is 13.9. The molecule has 0 spiro atoms. The van der Waals surface area contributed by atoms with Gasteiger partial charge in [0.05, 0.1) is 5.56 Å². The number of benzene rings is 4. The van der Waals surface area contributed by atoms with Gasteiger partial charge in [-0.3, -0.25) is 14.2 Å². The van der Waals surface area contributed by atoms with Crippen molar-refractivity contribution in [3.63, 3.8) is 0 Å². The van der Waals surface area contributed by atoms with Crippen LogP contribution in [0.4, 0.5) is 27.8 Å². The molecule has 0 saturated heterocycles. The minimum Gasteiger partial charge on any atom is -0.478 e. The number of hydrogen-bond acceptors (Lipinski definition) is 15. The van der Waals surface area contributed by atoms with Crippen LogP contribution >= 0.6 is 35.5 Å². The summed E-state index contributed by atoms with van der Waals surface area (Å²) in [4.78, 5) is 28.6. The second-order valence-electron chi connectivity index (χ2n) is 12.3. The van der Waals surface area contributed by atoms with Crippen LogP contribution in [0.25, 0.3) is 0 Å². The molecule has 5 N–H and O–H groups in total. The number of carboxylic acid groups (broad SMARTS) is 1. The Morgan fingerprint density at radius 3 is 1.45 bits per heavy atom. The third-order valence-electron chi connectivity index (χ3n) is 7.32. The zero-order valence-electron chi connectivity index (χ0n) is 32.7. The molecule has 0 amide bonds. The van der Waals surface area contributed by atoms with Crippen molar-refractivity contribution in [3.8, 4) is 23.0 Å². The Labute approximate surface area is 367 Å². The van der Waals surface area contributed by atoms with Crippen molar-refractivity contribution in [2.45, 2.75) is 50.3 Å². The van der Waals surface area contributed by atoms with Gasteiger partial charge in [-0.1, -0.05) is 13.8 Å². The minimum absolute atomic E-state index is 0. The van der Waals surface area contributed by atoms with Crippen molar-refractivity contribution < 1.29 is 58.6 Å². The van der Waals surface area contributed by atoms with E-state index in [1.165, 1.54) is 18.2 Å².